The van der Waals surface area contributed by atoms with Gasteiger partial charge in [-0.1, -0.05) is 0 Å². The lowest BCUT2D eigenvalue weighted by molar-refractivity contribution is -0.162. The van der Waals surface area contributed by atoms with E-state index < -0.39 is 0 Å². The first kappa shape index (κ1) is 9.61. The number of hydrazone groups is 1. The molecule has 0 radical (unpaired) electrons. The fraction of sp³-hybridized carbons (Fsp3) is 0.778. The number of hydrogen-bond acceptors (Lipinski definition) is 4. The van der Waals surface area contributed by atoms with E-state index in [1.807, 2.05) is 0 Å². The largest absolute Gasteiger partial charge is 0.355 e. The summed E-state index contributed by atoms with van der Waals surface area (Å²) in [7, 11) is 1.62. The maximum atomic E-state index is 11.0. The minimum absolute atomic E-state index is 0.0413. The Morgan fingerprint density at radius 3 is 3.14 bits per heavy atom. The van der Waals surface area contributed by atoms with Crippen molar-refractivity contribution in [1.29, 1.82) is 0 Å². The van der Waals surface area contributed by atoms with Gasteiger partial charge in [-0.25, -0.2) is 5.43 Å². The quantitative estimate of drug-likeness (QED) is 0.692. The molecule has 2 aliphatic rings. The minimum atomic E-state index is -0.241. The van der Waals surface area contributed by atoms with Crippen LogP contribution in [0, 0.1) is 5.92 Å². The number of carbonyl (C=O) groups is 1. The van der Waals surface area contributed by atoms with Crippen molar-refractivity contribution in [2.24, 2.45) is 11.0 Å². The molecule has 0 saturated carbocycles. The van der Waals surface area contributed by atoms with E-state index in [4.69, 9.17) is 9.47 Å². The molecule has 2 atom stereocenters. The molecule has 1 N–H and O–H groups in total. The van der Waals surface area contributed by atoms with Crippen LogP contribution in [0.5, 0.6) is 0 Å². The van der Waals surface area contributed by atoms with Gasteiger partial charge >= 0.3 is 0 Å². The highest BCUT2D eigenvalue weighted by molar-refractivity contribution is 6.06. The van der Waals surface area contributed by atoms with Crippen molar-refractivity contribution in [2.75, 3.05) is 13.7 Å². The standard InChI is InChI=1S/C9H14N2O3/c1-13-9-6(3-2-4-14-9)7-5-8(12)11-10-7/h6,9H,2-5H2,1H3,(H,11,12). The van der Waals surface area contributed by atoms with Crippen LogP contribution in [-0.2, 0) is 14.3 Å². The molecule has 2 rings (SSSR count). The van der Waals surface area contributed by atoms with Crippen molar-refractivity contribution in [3.8, 4) is 0 Å². The van der Waals surface area contributed by atoms with Crippen LogP contribution >= 0.6 is 0 Å². The van der Waals surface area contributed by atoms with Gasteiger partial charge in [-0.15, -0.1) is 0 Å². The van der Waals surface area contributed by atoms with Crippen molar-refractivity contribution >= 4 is 11.6 Å². The summed E-state index contributed by atoms with van der Waals surface area (Å²) in [5.41, 5.74) is 3.31. The number of nitrogens with zero attached hydrogens (tertiary/aromatic N) is 1. The molecule has 1 saturated heterocycles. The van der Waals surface area contributed by atoms with Gasteiger partial charge < -0.3 is 9.47 Å². The first-order valence-electron chi connectivity index (χ1n) is 4.81. The van der Waals surface area contributed by atoms with Gasteiger partial charge in [0.2, 0.25) is 5.91 Å². The monoisotopic (exact) mass is 198 g/mol. The SMILES string of the molecule is COC1OCCCC1C1=NNC(=O)C1. The Morgan fingerprint density at radius 1 is 1.64 bits per heavy atom. The van der Waals surface area contributed by atoms with Gasteiger partial charge in [0.1, 0.15) is 0 Å². The van der Waals surface area contributed by atoms with E-state index in [9.17, 15) is 4.79 Å². The van der Waals surface area contributed by atoms with E-state index in [1.54, 1.807) is 7.11 Å². The maximum Gasteiger partial charge on any atom is 0.245 e. The number of rotatable bonds is 2. The van der Waals surface area contributed by atoms with Gasteiger partial charge in [0.25, 0.3) is 0 Å². The van der Waals surface area contributed by atoms with Crippen LogP contribution in [0.3, 0.4) is 0 Å². The zero-order chi connectivity index (χ0) is 9.97. The highest BCUT2D eigenvalue weighted by atomic mass is 16.7. The third kappa shape index (κ3) is 1.78. The second kappa shape index (κ2) is 4.06. The zero-order valence-electron chi connectivity index (χ0n) is 8.16. The summed E-state index contributed by atoms with van der Waals surface area (Å²) in [4.78, 5) is 11.0. The Morgan fingerprint density at radius 2 is 2.50 bits per heavy atom. The number of carbonyl (C=O) groups excluding carboxylic acids is 1. The zero-order valence-corrected chi connectivity index (χ0v) is 8.16. The maximum absolute atomic E-state index is 11.0. The second-order valence-corrected chi connectivity index (χ2v) is 3.54. The number of amides is 1. The molecule has 78 valence electrons. The number of nitrogens with one attached hydrogen (secondary N) is 1. The topological polar surface area (TPSA) is 59.9 Å². The molecule has 1 fully saturated rings. The predicted octanol–water partition coefficient (Wildman–Crippen LogP) is 0.261. The number of ether oxygens (including phenoxy) is 2. The van der Waals surface area contributed by atoms with Crippen LogP contribution in [0.15, 0.2) is 5.10 Å². The molecule has 5 nitrogen and oxygen atoms in total. The third-order valence-electron chi connectivity index (χ3n) is 2.60. The van der Waals surface area contributed by atoms with Gasteiger partial charge in [-0.3, -0.25) is 4.79 Å². The molecular formula is C9H14N2O3. The molecule has 0 bridgehead atoms. The van der Waals surface area contributed by atoms with E-state index in [-0.39, 0.29) is 18.1 Å². The lowest BCUT2D eigenvalue weighted by Crippen LogP contribution is -2.36. The van der Waals surface area contributed by atoms with Crippen molar-refractivity contribution in [3.05, 3.63) is 0 Å². The molecular weight excluding hydrogens is 184 g/mol. The molecule has 1 amide bonds. The Bertz CT molecular complexity index is 265. The molecule has 2 heterocycles. The van der Waals surface area contributed by atoms with Crippen molar-refractivity contribution < 1.29 is 14.3 Å². The van der Waals surface area contributed by atoms with Crippen LogP contribution in [0.2, 0.25) is 0 Å². The van der Waals surface area contributed by atoms with Gasteiger partial charge in [0.05, 0.1) is 18.1 Å². The molecule has 0 aromatic rings. The minimum Gasteiger partial charge on any atom is -0.355 e. The smallest absolute Gasteiger partial charge is 0.245 e. The summed E-state index contributed by atoms with van der Waals surface area (Å²) in [6.45, 7) is 0.726. The first-order chi connectivity index (χ1) is 6.81. The highest BCUT2D eigenvalue weighted by Gasteiger charge is 2.33. The Balaban J connectivity index is 2.04. The molecule has 0 aromatic carbocycles. The number of hydrogen-bond donors (Lipinski definition) is 1. The summed E-state index contributed by atoms with van der Waals surface area (Å²) in [5.74, 6) is 0.0909. The molecule has 14 heavy (non-hydrogen) atoms. The molecule has 2 unspecified atom stereocenters. The fourth-order valence-electron chi connectivity index (χ4n) is 1.90. The second-order valence-electron chi connectivity index (χ2n) is 3.54. The summed E-state index contributed by atoms with van der Waals surface area (Å²) in [6, 6.07) is 0. The Kier molecular flexibility index (Phi) is 2.79. The molecule has 5 heteroatoms. The normalized spacial score (nSPS) is 32.6. The summed E-state index contributed by atoms with van der Waals surface area (Å²) in [5, 5.41) is 4.00. The molecule has 0 aliphatic carbocycles. The summed E-state index contributed by atoms with van der Waals surface area (Å²) in [6.07, 6.45) is 2.12. The van der Waals surface area contributed by atoms with E-state index in [1.165, 1.54) is 0 Å². The van der Waals surface area contributed by atoms with E-state index in [2.05, 4.69) is 10.5 Å². The van der Waals surface area contributed by atoms with Gasteiger partial charge in [0.15, 0.2) is 6.29 Å². The molecule has 2 aliphatic heterocycles. The number of methoxy groups -OCH3 is 1. The van der Waals surface area contributed by atoms with Crippen LogP contribution < -0.4 is 5.43 Å². The van der Waals surface area contributed by atoms with Crippen molar-refractivity contribution in [3.63, 3.8) is 0 Å². The van der Waals surface area contributed by atoms with E-state index in [0.717, 1.165) is 25.2 Å². The first-order valence-corrected chi connectivity index (χ1v) is 4.81. The van der Waals surface area contributed by atoms with Crippen LogP contribution in [0.25, 0.3) is 0 Å². The lowest BCUT2D eigenvalue weighted by atomic mass is 9.93. The van der Waals surface area contributed by atoms with Crippen LogP contribution in [0.1, 0.15) is 19.3 Å². The summed E-state index contributed by atoms with van der Waals surface area (Å²) >= 11 is 0. The predicted molar refractivity (Wildman–Crippen MR) is 49.7 cm³/mol. The van der Waals surface area contributed by atoms with E-state index >= 15 is 0 Å². The molecule has 0 aromatic heterocycles. The van der Waals surface area contributed by atoms with Gasteiger partial charge in [-0.2, -0.15) is 5.10 Å². The summed E-state index contributed by atoms with van der Waals surface area (Å²) < 4.78 is 10.7. The van der Waals surface area contributed by atoms with Crippen molar-refractivity contribution in [2.45, 2.75) is 25.6 Å². The lowest BCUT2D eigenvalue weighted by Gasteiger charge is -2.29. The van der Waals surface area contributed by atoms with Gasteiger partial charge in [-0.05, 0) is 12.8 Å². The Labute approximate surface area is 82.5 Å². The van der Waals surface area contributed by atoms with E-state index in [0.29, 0.717) is 6.42 Å². The third-order valence-corrected chi connectivity index (χ3v) is 2.60. The average Bonchev–Trinajstić information content (AvgIpc) is 2.65. The van der Waals surface area contributed by atoms with Crippen molar-refractivity contribution in [1.82, 2.24) is 5.43 Å². The van der Waals surface area contributed by atoms with Crippen LogP contribution in [-0.4, -0.2) is 31.6 Å². The highest BCUT2D eigenvalue weighted by Crippen LogP contribution is 2.25. The molecule has 0 spiro atoms. The average molecular weight is 198 g/mol. The fourth-order valence-corrected chi connectivity index (χ4v) is 1.90. The Hall–Kier alpha value is -0.940. The van der Waals surface area contributed by atoms with Gasteiger partial charge in [0, 0.05) is 13.7 Å². The van der Waals surface area contributed by atoms with Crippen LogP contribution in [0.4, 0.5) is 0 Å².